The molecule has 0 saturated heterocycles. The van der Waals surface area contributed by atoms with Crippen molar-refractivity contribution in [3.05, 3.63) is 146 Å². The fourth-order valence-electron chi connectivity index (χ4n) is 5.14. The number of rotatable bonds is 4. The second kappa shape index (κ2) is 8.32. The molecule has 0 amide bonds. The maximum Gasteiger partial charge on any atom is 0.145 e. The normalized spacial score (nSPS) is 11.6. The first-order valence-corrected chi connectivity index (χ1v) is 13.1. The third-order valence-corrected chi connectivity index (χ3v) is 10.9. The number of hydrogen-bond donors (Lipinski definition) is 0. The monoisotopic (exact) mass is 439 g/mol. The minimum Gasteiger partial charge on any atom is -0.0620 e. The van der Waals surface area contributed by atoms with Gasteiger partial charge in [-0.2, -0.15) is 0 Å². The van der Waals surface area contributed by atoms with E-state index in [0.29, 0.717) is 0 Å². The highest BCUT2D eigenvalue weighted by molar-refractivity contribution is 8.02. The van der Waals surface area contributed by atoms with Crippen LogP contribution in [0.4, 0.5) is 0 Å². The molecule has 0 atom stereocenters. The summed E-state index contributed by atoms with van der Waals surface area (Å²) in [5.41, 5.74) is 0. The van der Waals surface area contributed by atoms with E-state index in [0.717, 1.165) is 0 Å². The first-order chi connectivity index (χ1) is 16.4. The van der Waals surface area contributed by atoms with Gasteiger partial charge in [-0.15, -0.1) is 0 Å². The Morgan fingerprint density at radius 2 is 0.667 bits per heavy atom. The van der Waals surface area contributed by atoms with Crippen molar-refractivity contribution in [1.82, 2.24) is 0 Å². The zero-order valence-corrected chi connectivity index (χ0v) is 19.2. The molecule has 0 radical (unpaired) electrons. The third kappa shape index (κ3) is 3.18. The Labute approximate surface area is 195 Å². The molecule has 0 aromatic heterocycles. The van der Waals surface area contributed by atoms with Gasteiger partial charge in [0.2, 0.25) is 0 Å². The van der Waals surface area contributed by atoms with Crippen LogP contribution in [0, 0.1) is 0 Å². The molecule has 33 heavy (non-hydrogen) atoms. The average molecular weight is 440 g/mol. The van der Waals surface area contributed by atoms with Crippen LogP contribution in [-0.4, -0.2) is 0 Å². The number of hydrogen-bond acceptors (Lipinski definition) is 0. The van der Waals surface area contributed by atoms with Gasteiger partial charge in [-0.1, -0.05) is 103 Å². The lowest BCUT2D eigenvalue weighted by Crippen LogP contribution is -2.39. The molecule has 6 rings (SSSR count). The third-order valence-electron chi connectivity index (χ3n) is 6.51. The van der Waals surface area contributed by atoms with Crippen molar-refractivity contribution in [2.24, 2.45) is 0 Å². The zero-order chi connectivity index (χ0) is 22.1. The van der Waals surface area contributed by atoms with Crippen molar-refractivity contribution in [3.63, 3.8) is 0 Å². The van der Waals surface area contributed by atoms with Crippen molar-refractivity contribution in [2.75, 3.05) is 0 Å². The van der Waals surface area contributed by atoms with Gasteiger partial charge in [-0.3, -0.25) is 0 Å². The SMILES string of the molecule is c1ccc([P+](c2ccccc2)(c2ccccc2)c2c3ccccc3cc3ccccc23)cc1. The summed E-state index contributed by atoms with van der Waals surface area (Å²) in [5, 5.41) is 10.8. The Bertz CT molecular complexity index is 1390. The zero-order valence-electron chi connectivity index (χ0n) is 18.3. The van der Waals surface area contributed by atoms with Crippen molar-refractivity contribution < 1.29 is 0 Å². The van der Waals surface area contributed by atoms with Gasteiger partial charge in [0.05, 0.1) is 0 Å². The van der Waals surface area contributed by atoms with Crippen molar-refractivity contribution in [3.8, 4) is 0 Å². The Hall–Kier alpha value is -3.73. The smallest absolute Gasteiger partial charge is 0.0620 e. The quantitative estimate of drug-likeness (QED) is 0.214. The lowest BCUT2D eigenvalue weighted by atomic mass is 10.0. The fraction of sp³-hybridized carbons (Fsp3) is 0. The van der Waals surface area contributed by atoms with E-state index < -0.39 is 7.26 Å². The number of benzene rings is 6. The molecule has 0 aliphatic rings. The second-order valence-corrected chi connectivity index (χ2v) is 11.7. The maximum atomic E-state index is 2.34. The van der Waals surface area contributed by atoms with E-state index in [2.05, 4.69) is 146 Å². The molecular weight excluding hydrogens is 415 g/mol. The minimum atomic E-state index is -2.20. The molecule has 0 N–H and O–H groups in total. The molecular formula is C32H24P+. The van der Waals surface area contributed by atoms with E-state index in [1.807, 2.05) is 0 Å². The van der Waals surface area contributed by atoms with Gasteiger partial charge in [0.15, 0.2) is 0 Å². The van der Waals surface area contributed by atoms with Crippen LogP contribution in [0.5, 0.6) is 0 Å². The Kier molecular flexibility index (Phi) is 5.02. The van der Waals surface area contributed by atoms with Crippen LogP contribution in [0.1, 0.15) is 0 Å². The van der Waals surface area contributed by atoms with Crippen molar-refractivity contribution >= 4 is 50.0 Å². The van der Waals surface area contributed by atoms with Crippen molar-refractivity contribution in [1.29, 1.82) is 0 Å². The fourth-order valence-corrected chi connectivity index (χ4v) is 9.80. The van der Waals surface area contributed by atoms with Gasteiger partial charge in [-0.05, 0) is 53.2 Å². The summed E-state index contributed by atoms with van der Waals surface area (Å²) in [7, 11) is -2.20. The molecule has 6 aromatic carbocycles. The molecule has 156 valence electrons. The molecule has 0 bridgehead atoms. The molecule has 0 aliphatic carbocycles. The predicted molar refractivity (Wildman–Crippen MR) is 146 cm³/mol. The lowest BCUT2D eigenvalue weighted by Gasteiger charge is -2.29. The average Bonchev–Trinajstić information content (AvgIpc) is 2.90. The molecule has 0 spiro atoms. The Morgan fingerprint density at radius 1 is 0.333 bits per heavy atom. The van der Waals surface area contributed by atoms with Crippen LogP contribution < -0.4 is 21.2 Å². The molecule has 0 unspecified atom stereocenters. The van der Waals surface area contributed by atoms with Crippen LogP contribution in [0.3, 0.4) is 0 Å². The maximum absolute atomic E-state index is 2.34. The van der Waals surface area contributed by atoms with Crippen LogP contribution in [-0.2, 0) is 0 Å². The molecule has 6 aromatic rings. The molecule has 0 fully saturated rings. The molecule has 0 aliphatic heterocycles. The standard InChI is InChI=1S/C32H24P/c1-4-16-27(17-5-1)33(28-18-6-2-7-19-28,29-20-8-3-9-21-29)32-30-22-12-10-14-25(30)24-26-15-11-13-23-31(26)32/h1-24H/q+1. The van der Waals surface area contributed by atoms with Crippen LogP contribution in [0.15, 0.2) is 146 Å². The summed E-state index contributed by atoms with van der Waals surface area (Å²) >= 11 is 0. The van der Waals surface area contributed by atoms with Crippen LogP contribution in [0.2, 0.25) is 0 Å². The predicted octanol–water partition coefficient (Wildman–Crippen LogP) is 6.61. The molecule has 0 saturated carbocycles. The largest absolute Gasteiger partial charge is 0.145 e. The van der Waals surface area contributed by atoms with E-state index in [4.69, 9.17) is 0 Å². The summed E-state index contributed by atoms with van der Waals surface area (Å²) in [6.07, 6.45) is 0. The van der Waals surface area contributed by atoms with E-state index in [1.165, 1.54) is 42.8 Å². The van der Waals surface area contributed by atoms with Gasteiger partial charge < -0.3 is 0 Å². The van der Waals surface area contributed by atoms with E-state index in [-0.39, 0.29) is 0 Å². The first-order valence-electron chi connectivity index (χ1n) is 11.4. The van der Waals surface area contributed by atoms with Gasteiger partial charge in [0.1, 0.15) is 28.5 Å². The highest BCUT2D eigenvalue weighted by Crippen LogP contribution is 2.56. The summed E-state index contributed by atoms with van der Waals surface area (Å²) in [6.45, 7) is 0. The summed E-state index contributed by atoms with van der Waals surface area (Å²) in [6, 6.07) is 53.5. The Balaban J connectivity index is 1.91. The van der Waals surface area contributed by atoms with Gasteiger partial charge in [-0.25, -0.2) is 0 Å². The molecule has 0 heterocycles. The van der Waals surface area contributed by atoms with Crippen LogP contribution >= 0.6 is 7.26 Å². The molecule has 0 nitrogen and oxygen atoms in total. The highest BCUT2D eigenvalue weighted by Gasteiger charge is 2.49. The highest BCUT2D eigenvalue weighted by atomic mass is 31.2. The van der Waals surface area contributed by atoms with Crippen LogP contribution in [0.25, 0.3) is 21.5 Å². The lowest BCUT2D eigenvalue weighted by molar-refractivity contribution is 1.72. The second-order valence-electron chi connectivity index (χ2n) is 8.34. The molecule has 1 heteroatoms. The van der Waals surface area contributed by atoms with E-state index in [9.17, 15) is 0 Å². The summed E-state index contributed by atoms with van der Waals surface area (Å²) in [5.74, 6) is 0. The first kappa shape index (κ1) is 19.9. The summed E-state index contributed by atoms with van der Waals surface area (Å²) < 4.78 is 0. The van der Waals surface area contributed by atoms with E-state index in [1.54, 1.807) is 0 Å². The Morgan fingerprint density at radius 3 is 1.06 bits per heavy atom. The summed E-state index contributed by atoms with van der Waals surface area (Å²) in [4.78, 5) is 0. The van der Waals surface area contributed by atoms with E-state index >= 15 is 0 Å². The van der Waals surface area contributed by atoms with Gasteiger partial charge >= 0.3 is 0 Å². The number of fused-ring (bicyclic) bond motifs is 2. The topological polar surface area (TPSA) is 0 Å². The van der Waals surface area contributed by atoms with Crippen molar-refractivity contribution in [2.45, 2.75) is 0 Å². The van der Waals surface area contributed by atoms with Gasteiger partial charge in [0.25, 0.3) is 0 Å². The van der Waals surface area contributed by atoms with Gasteiger partial charge in [0, 0.05) is 10.8 Å². The minimum absolute atomic E-state index is 1.29.